The number of methoxy groups -OCH3 is 1. The highest BCUT2D eigenvalue weighted by Crippen LogP contribution is 2.16. The number of ether oxygens (including phenoxy) is 1. The van der Waals surface area contributed by atoms with Crippen molar-refractivity contribution in [1.82, 2.24) is 15.3 Å². The van der Waals surface area contributed by atoms with E-state index in [1.54, 1.807) is 45.2 Å². The quantitative estimate of drug-likeness (QED) is 0.277. The lowest BCUT2D eigenvalue weighted by Gasteiger charge is -2.22. The lowest BCUT2D eigenvalue weighted by atomic mass is 10.0. The van der Waals surface area contributed by atoms with Gasteiger partial charge in [-0.25, -0.2) is 4.98 Å². The van der Waals surface area contributed by atoms with Crippen molar-refractivity contribution in [2.24, 2.45) is 27.4 Å². The Balaban J connectivity index is -0.00000122. The van der Waals surface area contributed by atoms with Crippen LogP contribution in [0.15, 0.2) is 46.5 Å². The van der Waals surface area contributed by atoms with Crippen molar-refractivity contribution in [2.45, 2.75) is 26.1 Å². The molecule has 0 saturated carbocycles. The number of guanidine groups is 2. The molecule has 1 amide bonds. The molecule has 1 heterocycles. The molecule has 1 aromatic carbocycles. The first-order valence-corrected chi connectivity index (χ1v) is 10.0. The molecule has 0 unspecified atom stereocenters. The van der Waals surface area contributed by atoms with Crippen molar-refractivity contribution >= 4 is 35.3 Å². The molecule has 2 rings (SSSR count). The first-order chi connectivity index (χ1) is 16.0. The number of anilines is 2. The van der Waals surface area contributed by atoms with Crippen LogP contribution in [0.1, 0.15) is 21.0 Å². The molecular weight excluding hydrogens is 455 g/mol. The summed E-state index contributed by atoms with van der Waals surface area (Å²) in [6.07, 6.45) is -3.18. The lowest BCUT2D eigenvalue weighted by molar-refractivity contribution is -0.139. The molecule has 0 saturated heterocycles. The zero-order chi connectivity index (χ0) is 25.3. The van der Waals surface area contributed by atoms with E-state index in [0.717, 1.165) is 0 Å². The standard InChI is InChI=1S/C20H26F3N9O2.5H2/c1-11(2)15(16(33)27-10-20(21,22)23)29-14-8-9-26-19(30-14)32-18(25)31-17(24)28-12-4-6-13(34-3)7-5-12;;;;;/h4-9,11,15H,10H2,1-3H3,(H,27,33)(H6,24,25,26,28,29,30,31,32);5*1H/t15-;;;;;/m1...../s1. The SMILES string of the molecule is COc1ccc(NC(N)=NC(N)=Nc2nccc(N[C@@H](C(=O)NCC(F)(F)F)C(C)C)n2)cc1.[HH].[HH].[HH].[HH].[HH]. The van der Waals surface area contributed by atoms with Crippen molar-refractivity contribution in [3.63, 3.8) is 0 Å². The fourth-order valence-corrected chi connectivity index (χ4v) is 2.58. The summed E-state index contributed by atoms with van der Waals surface area (Å²) in [6.45, 7) is 1.92. The Bertz CT molecular complexity index is 1050. The van der Waals surface area contributed by atoms with E-state index in [1.807, 2.05) is 5.32 Å². The fraction of sp³-hybridized carbons (Fsp3) is 0.350. The Hall–Kier alpha value is -4.10. The first kappa shape index (κ1) is 26.2. The van der Waals surface area contributed by atoms with E-state index in [1.165, 1.54) is 12.3 Å². The van der Waals surface area contributed by atoms with Crippen LogP contribution in [0, 0.1) is 5.92 Å². The molecule has 0 aliphatic heterocycles. The second-order valence-corrected chi connectivity index (χ2v) is 7.26. The Morgan fingerprint density at radius 1 is 1.21 bits per heavy atom. The Morgan fingerprint density at radius 2 is 1.88 bits per heavy atom. The summed E-state index contributed by atoms with van der Waals surface area (Å²) >= 11 is 0. The van der Waals surface area contributed by atoms with E-state index in [2.05, 4.69) is 30.6 Å². The monoisotopic (exact) mass is 491 g/mol. The van der Waals surface area contributed by atoms with Gasteiger partial charge in [-0.1, -0.05) is 13.8 Å². The van der Waals surface area contributed by atoms with Gasteiger partial charge < -0.3 is 32.2 Å². The minimum absolute atomic E-state index is 0. The highest BCUT2D eigenvalue weighted by Gasteiger charge is 2.30. The molecule has 0 bridgehead atoms. The zero-order valence-electron chi connectivity index (χ0n) is 18.7. The van der Waals surface area contributed by atoms with Gasteiger partial charge in [-0.3, -0.25) is 4.79 Å². The third-order valence-electron chi connectivity index (χ3n) is 4.17. The van der Waals surface area contributed by atoms with Crippen LogP contribution in [0.4, 0.5) is 30.6 Å². The second-order valence-electron chi connectivity index (χ2n) is 7.26. The van der Waals surface area contributed by atoms with Gasteiger partial charge in [-0.2, -0.15) is 28.1 Å². The van der Waals surface area contributed by atoms with Gasteiger partial charge in [0.1, 0.15) is 24.2 Å². The molecule has 1 atom stereocenters. The van der Waals surface area contributed by atoms with Crippen molar-refractivity contribution in [3.8, 4) is 5.75 Å². The van der Waals surface area contributed by atoms with Crippen LogP contribution in [0.3, 0.4) is 0 Å². The van der Waals surface area contributed by atoms with E-state index in [-0.39, 0.29) is 36.7 Å². The predicted molar refractivity (Wildman–Crippen MR) is 133 cm³/mol. The van der Waals surface area contributed by atoms with Gasteiger partial charge in [0.2, 0.25) is 17.8 Å². The molecule has 2 aromatic rings. The zero-order valence-corrected chi connectivity index (χ0v) is 18.7. The topological polar surface area (TPSA) is 165 Å². The summed E-state index contributed by atoms with van der Waals surface area (Å²) in [4.78, 5) is 28.1. The van der Waals surface area contributed by atoms with Crippen molar-refractivity contribution in [1.29, 1.82) is 0 Å². The van der Waals surface area contributed by atoms with E-state index in [0.29, 0.717) is 11.4 Å². The Labute approximate surface area is 201 Å². The number of nitrogens with zero attached hydrogens (tertiary/aromatic N) is 4. The molecule has 7 N–H and O–H groups in total. The summed E-state index contributed by atoms with van der Waals surface area (Å²) in [5.41, 5.74) is 12.2. The van der Waals surface area contributed by atoms with Crippen LogP contribution in [0.5, 0.6) is 5.75 Å². The van der Waals surface area contributed by atoms with Crippen molar-refractivity contribution in [2.75, 3.05) is 24.3 Å². The number of hydrogen-bond acceptors (Lipinski definition) is 6. The number of nitrogens with two attached hydrogens (primary N) is 2. The lowest BCUT2D eigenvalue weighted by Crippen LogP contribution is -2.46. The molecule has 14 heteroatoms. The number of halogens is 3. The van der Waals surface area contributed by atoms with Crippen LogP contribution < -0.4 is 32.2 Å². The van der Waals surface area contributed by atoms with Crippen LogP contribution in [-0.4, -0.2) is 53.7 Å². The Morgan fingerprint density at radius 3 is 2.47 bits per heavy atom. The molecule has 1 aromatic heterocycles. The fourth-order valence-electron chi connectivity index (χ4n) is 2.58. The number of amides is 1. The summed E-state index contributed by atoms with van der Waals surface area (Å²) in [6, 6.07) is 7.37. The van der Waals surface area contributed by atoms with Crippen LogP contribution in [0.2, 0.25) is 0 Å². The van der Waals surface area contributed by atoms with E-state index < -0.39 is 24.7 Å². The molecule has 0 aliphatic rings. The average molecular weight is 492 g/mol. The van der Waals surface area contributed by atoms with E-state index in [9.17, 15) is 18.0 Å². The van der Waals surface area contributed by atoms with Gasteiger partial charge in [0.15, 0.2) is 0 Å². The van der Waals surface area contributed by atoms with Gasteiger partial charge >= 0.3 is 6.18 Å². The van der Waals surface area contributed by atoms with Gasteiger partial charge in [0, 0.05) is 19.0 Å². The number of carbonyl (C=O) groups excluding carboxylic acids is 1. The number of aliphatic imine (C=N–C) groups is 2. The van der Waals surface area contributed by atoms with Gasteiger partial charge in [0.05, 0.1) is 7.11 Å². The van der Waals surface area contributed by atoms with Crippen LogP contribution in [-0.2, 0) is 4.79 Å². The maximum absolute atomic E-state index is 12.4. The van der Waals surface area contributed by atoms with Crippen molar-refractivity contribution in [3.05, 3.63) is 36.5 Å². The van der Waals surface area contributed by atoms with E-state index in [4.69, 9.17) is 16.2 Å². The van der Waals surface area contributed by atoms with Crippen LogP contribution >= 0.6 is 0 Å². The second kappa shape index (κ2) is 11.7. The number of nitrogens with one attached hydrogen (secondary N) is 3. The minimum Gasteiger partial charge on any atom is -0.497 e. The Kier molecular flexibility index (Phi) is 8.98. The summed E-state index contributed by atoms with van der Waals surface area (Å²) in [5, 5.41) is 7.47. The third kappa shape index (κ3) is 8.80. The van der Waals surface area contributed by atoms with Gasteiger partial charge in [0.25, 0.3) is 5.95 Å². The highest BCUT2D eigenvalue weighted by atomic mass is 19.4. The maximum atomic E-state index is 12.4. The summed E-state index contributed by atoms with van der Waals surface area (Å²) in [5.74, 6) is -0.713. The number of rotatable bonds is 8. The van der Waals surface area contributed by atoms with Gasteiger partial charge in [-0.15, -0.1) is 0 Å². The summed E-state index contributed by atoms with van der Waals surface area (Å²) in [7, 11) is 1.55. The average Bonchev–Trinajstić information content (AvgIpc) is 2.75. The molecule has 0 aliphatic carbocycles. The largest absolute Gasteiger partial charge is 0.497 e. The molecule has 0 fully saturated rings. The minimum atomic E-state index is -4.52. The number of carbonyl (C=O) groups is 1. The number of hydrogen-bond donors (Lipinski definition) is 5. The number of aromatic nitrogens is 2. The molecule has 0 radical (unpaired) electrons. The maximum Gasteiger partial charge on any atom is 0.405 e. The van der Waals surface area contributed by atoms with Gasteiger partial charge in [-0.05, 0) is 36.2 Å². The first-order valence-electron chi connectivity index (χ1n) is 10.0. The van der Waals surface area contributed by atoms with E-state index >= 15 is 0 Å². The van der Waals surface area contributed by atoms with Crippen LogP contribution in [0.25, 0.3) is 0 Å². The number of alkyl halides is 3. The molecule has 11 nitrogen and oxygen atoms in total. The molecular formula is C20H36F3N9O2. The summed E-state index contributed by atoms with van der Waals surface area (Å²) < 4.78 is 42.3. The predicted octanol–water partition coefficient (Wildman–Crippen LogP) is 3.20. The smallest absolute Gasteiger partial charge is 0.405 e. The third-order valence-corrected chi connectivity index (χ3v) is 4.17. The highest BCUT2D eigenvalue weighted by molar-refractivity contribution is 6.01. The normalized spacial score (nSPS) is 13.4. The molecule has 194 valence electrons. The number of benzene rings is 1. The molecule has 34 heavy (non-hydrogen) atoms. The molecule has 0 spiro atoms. The van der Waals surface area contributed by atoms with Crippen molar-refractivity contribution < 1.29 is 29.8 Å².